The summed E-state index contributed by atoms with van der Waals surface area (Å²) < 4.78 is 9.10. The Hall–Kier alpha value is -8.63. The van der Waals surface area contributed by atoms with Crippen LogP contribution in [0.4, 0.5) is 0 Å². The summed E-state index contributed by atoms with van der Waals surface area (Å²) in [6, 6.07) is 54.5. The second-order valence-corrected chi connectivity index (χ2v) is 14.8. The maximum atomic E-state index is 10.9. The summed E-state index contributed by atoms with van der Waals surface area (Å²) in [6.07, 6.45) is 0. The third-order valence-electron chi connectivity index (χ3n) is 11.2. The molecular weight excluding hydrogens is 765 g/mol. The summed E-state index contributed by atoms with van der Waals surface area (Å²) >= 11 is 0. The van der Waals surface area contributed by atoms with Crippen LogP contribution < -0.4 is 0 Å². The van der Waals surface area contributed by atoms with E-state index in [0.29, 0.717) is 22.3 Å². The van der Waals surface area contributed by atoms with Crippen molar-refractivity contribution in [1.82, 2.24) is 19.5 Å². The maximum Gasteiger partial charge on any atom is 0.208 e. The molecule has 11 rings (SSSR count). The molecule has 5 N–H and O–H groups in total. The Morgan fingerprint density at radius 3 is 1.64 bits per heavy atom. The molecule has 11 aromatic rings. The van der Waals surface area contributed by atoms with Gasteiger partial charge in [0.15, 0.2) is 29.0 Å². The molecule has 292 valence electrons. The van der Waals surface area contributed by atoms with Crippen molar-refractivity contribution in [3.63, 3.8) is 0 Å². The first-order chi connectivity index (χ1) is 29.8. The quantitative estimate of drug-likeness (QED) is 0.0815. The Morgan fingerprint density at radius 1 is 0.393 bits per heavy atom. The fraction of sp³-hybridized carbons (Fsp3) is 0. The molecule has 8 aromatic carbocycles. The van der Waals surface area contributed by atoms with Gasteiger partial charge >= 0.3 is 0 Å². The van der Waals surface area contributed by atoms with Crippen LogP contribution in [0.2, 0.25) is 0 Å². The van der Waals surface area contributed by atoms with Crippen LogP contribution in [0.1, 0.15) is 0 Å². The van der Waals surface area contributed by atoms with E-state index >= 15 is 0 Å². The molecular formula is C51H32N4O6. The highest BCUT2D eigenvalue weighted by Gasteiger charge is 2.28. The van der Waals surface area contributed by atoms with E-state index in [0.717, 1.165) is 55.1 Å². The number of aromatic nitrogens is 4. The lowest BCUT2D eigenvalue weighted by atomic mass is 9.99. The topological polar surface area (TPSA) is 158 Å². The highest BCUT2D eigenvalue weighted by atomic mass is 16.4. The molecule has 0 aliphatic rings. The molecule has 0 atom stereocenters. The van der Waals surface area contributed by atoms with Gasteiger partial charge in [-0.1, -0.05) is 127 Å². The molecule has 10 nitrogen and oxygen atoms in total. The predicted octanol–water partition coefficient (Wildman–Crippen LogP) is 11.7. The summed E-state index contributed by atoms with van der Waals surface area (Å²) in [4.78, 5) is 13.9. The van der Waals surface area contributed by atoms with Crippen LogP contribution >= 0.6 is 0 Å². The van der Waals surface area contributed by atoms with Crippen LogP contribution in [-0.2, 0) is 0 Å². The van der Waals surface area contributed by atoms with Crippen molar-refractivity contribution >= 4 is 43.7 Å². The number of nitrogens with zero attached hydrogens (tertiary/aromatic N) is 4. The van der Waals surface area contributed by atoms with Gasteiger partial charge in [0, 0.05) is 43.9 Å². The highest BCUT2D eigenvalue weighted by Crippen LogP contribution is 2.54. The molecule has 3 heterocycles. The number of phenolic OH excluding ortho intramolecular Hbond substituents is 5. The van der Waals surface area contributed by atoms with E-state index < -0.39 is 34.3 Å². The summed E-state index contributed by atoms with van der Waals surface area (Å²) in [7, 11) is 0. The number of furan rings is 1. The number of hydrogen-bond acceptors (Lipinski definition) is 9. The molecule has 0 amide bonds. The average molecular weight is 797 g/mol. The van der Waals surface area contributed by atoms with Crippen molar-refractivity contribution in [3.8, 4) is 90.9 Å². The molecule has 10 heteroatoms. The number of hydrogen-bond donors (Lipinski definition) is 5. The van der Waals surface area contributed by atoms with Crippen molar-refractivity contribution in [2.24, 2.45) is 0 Å². The van der Waals surface area contributed by atoms with Gasteiger partial charge in [0.25, 0.3) is 0 Å². The first-order valence-corrected chi connectivity index (χ1v) is 19.5. The molecule has 0 spiro atoms. The maximum absolute atomic E-state index is 10.9. The minimum atomic E-state index is -1.08. The number of fused-ring (bicyclic) bond motifs is 6. The molecule has 0 radical (unpaired) electrons. The molecule has 3 aromatic heterocycles. The van der Waals surface area contributed by atoms with E-state index in [1.165, 1.54) is 5.39 Å². The van der Waals surface area contributed by atoms with Crippen molar-refractivity contribution < 1.29 is 29.9 Å². The Balaban J connectivity index is 1.14. The van der Waals surface area contributed by atoms with Gasteiger partial charge < -0.3 is 34.5 Å². The minimum Gasteiger partial charge on any atom is -0.504 e. The van der Waals surface area contributed by atoms with E-state index in [2.05, 4.69) is 106 Å². The molecule has 0 saturated heterocycles. The van der Waals surface area contributed by atoms with Crippen molar-refractivity contribution in [3.05, 3.63) is 164 Å². The van der Waals surface area contributed by atoms with Gasteiger partial charge in [-0.2, -0.15) is 0 Å². The Kier molecular flexibility index (Phi) is 8.01. The van der Waals surface area contributed by atoms with Crippen molar-refractivity contribution in [2.75, 3.05) is 0 Å². The summed E-state index contributed by atoms with van der Waals surface area (Å²) in [6.45, 7) is 0. The van der Waals surface area contributed by atoms with Gasteiger partial charge in [0.1, 0.15) is 16.7 Å². The Morgan fingerprint density at radius 2 is 0.951 bits per heavy atom. The lowest BCUT2D eigenvalue weighted by Crippen LogP contribution is -2.00. The van der Waals surface area contributed by atoms with Crippen LogP contribution in [-0.4, -0.2) is 45.1 Å². The first kappa shape index (κ1) is 35.5. The van der Waals surface area contributed by atoms with Gasteiger partial charge in [-0.05, 0) is 53.1 Å². The highest BCUT2D eigenvalue weighted by molar-refractivity contribution is 6.17. The van der Waals surface area contributed by atoms with E-state index in [-0.39, 0.29) is 17.5 Å². The number of aromatic hydroxyl groups is 5. The molecule has 0 aliphatic carbocycles. The number of benzene rings is 8. The number of rotatable bonds is 6. The normalized spacial score (nSPS) is 11.6. The monoisotopic (exact) mass is 796 g/mol. The van der Waals surface area contributed by atoms with E-state index in [1.54, 1.807) is 12.1 Å². The van der Waals surface area contributed by atoms with Gasteiger partial charge in [0.05, 0.1) is 11.0 Å². The molecule has 0 fully saturated rings. The average Bonchev–Trinajstić information content (AvgIpc) is 3.86. The van der Waals surface area contributed by atoms with Crippen molar-refractivity contribution in [1.29, 1.82) is 0 Å². The van der Waals surface area contributed by atoms with Crippen LogP contribution in [0.25, 0.3) is 106 Å². The molecule has 0 bridgehead atoms. The zero-order valence-corrected chi connectivity index (χ0v) is 32.0. The molecule has 0 unspecified atom stereocenters. The number of para-hydroxylation sites is 1. The SMILES string of the molecule is Oc1c(O)c(O)c(-c2nc(-c3ccccc3)nc(-c3ccc4c(c3)oc3c(-c5ccccc5)cc(-n5c6ccccc6c6c(-c7ccccc7)cccc65)cc34)n2)c(O)c1O. The van der Waals surface area contributed by atoms with E-state index in [1.807, 2.05) is 60.7 Å². The fourth-order valence-corrected chi connectivity index (χ4v) is 8.35. The van der Waals surface area contributed by atoms with Gasteiger partial charge in [-0.15, -0.1) is 0 Å². The second kappa shape index (κ2) is 13.7. The van der Waals surface area contributed by atoms with Crippen LogP contribution in [0.3, 0.4) is 0 Å². The first-order valence-electron chi connectivity index (χ1n) is 19.5. The van der Waals surface area contributed by atoms with E-state index in [4.69, 9.17) is 9.40 Å². The van der Waals surface area contributed by atoms with Crippen molar-refractivity contribution in [2.45, 2.75) is 0 Å². The zero-order chi connectivity index (χ0) is 41.4. The number of phenols is 5. The standard InChI is InChI=1S/C51H32N4O6/c56-43-42(44(57)46(59)47(60)45(43)58)51-53-49(30-17-8-3-9-18-30)52-50(54-51)31-23-24-34-37-27-32(26-36(29-15-6-2-7-16-29)48(37)61-40(34)25-31)55-38-21-11-10-19-35(38)41-33(20-12-22-39(41)55)28-13-4-1-5-14-28/h1-27,56-60H. The third kappa shape index (κ3) is 5.61. The van der Waals surface area contributed by atoms with Crippen LogP contribution in [0, 0.1) is 0 Å². The molecule has 61 heavy (non-hydrogen) atoms. The summed E-state index contributed by atoms with van der Waals surface area (Å²) in [5.41, 5.74) is 9.18. The van der Waals surface area contributed by atoms with Gasteiger partial charge in [0.2, 0.25) is 17.2 Å². The minimum absolute atomic E-state index is 0.153. The smallest absolute Gasteiger partial charge is 0.208 e. The zero-order valence-electron chi connectivity index (χ0n) is 32.0. The predicted molar refractivity (Wildman–Crippen MR) is 237 cm³/mol. The van der Waals surface area contributed by atoms with E-state index in [9.17, 15) is 25.5 Å². The molecule has 0 aliphatic heterocycles. The van der Waals surface area contributed by atoms with Gasteiger partial charge in [-0.25, -0.2) is 15.0 Å². The van der Waals surface area contributed by atoms with Crippen LogP contribution in [0.5, 0.6) is 28.7 Å². The Bertz CT molecular complexity index is 3500. The van der Waals surface area contributed by atoms with Crippen LogP contribution in [0.15, 0.2) is 168 Å². The second-order valence-electron chi connectivity index (χ2n) is 14.8. The summed E-state index contributed by atoms with van der Waals surface area (Å²) in [5.74, 6) is -4.91. The lowest BCUT2D eigenvalue weighted by molar-refractivity contribution is 0.329. The lowest BCUT2D eigenvalue weighted by Gasteiger charge is -2.13. The molecule has 0 saturated carbocycles. The third-order valence-corrected chi connectivity index (χ3v) is 11.2. The fourth-order valence-electron chi connectivity index (χ4n) is 8.35. The largest absolute Gasteiger partial charge is 0.504 e. The summed E-state index contributed by atoms with van der Waals surface area (Å²) in [5, 5.41) is 56.7. The Labute approximate surface area is 346 Å². The van der Waals surface area contributed by atoms with Gasteiger partial charge in [-0.3, -0.25) is 0 Å².